The van der Waals surface area contributed by atoms with Gasteiger partial charge < -0.3 is 14.5 Å². The first-order valence-corrected chi connectivity index (χ1v) is 5.18. The highest BCUT2D eigenvalue weighted by Gasteiger charge is 2.28. The van der Waals surface area contributed by atoms with Crippen LogP contribution in [-0.4, -0.2) is 30.5 Å². The van der Waals surface area contributed by atoms with Crippen molar-refractivity contribution in [2.45, 2.75) is 18.3 Å². The first-order valence-electron chi connectivity index (χ1n) is 4.74. The van der Waals surface area contributed by atoms with Crippen molar-refractivity contribution in [3.05, 3.63) is 23.7 Å². The lowest BCUT2D eigenvalue weighted by atomic mass is 10.2. The third-order valence-corrected chi connectivity index (χ3v) is 2.75. The second-order valence-electron chi connectivity index (χ2n) is 3.58. The molecule has 82 valence electrons. The minimum Gasteiger partial charge on any atom is -0.469 e. The van der Waals surface area contributed by atoms with Crippen molar-refractivity contribution in [2.75, 3.05) is 13.2 Å². The molecule has 0 aliphatic carbocycles. The quantitative estimate of drug-likeness (QED) is 0.779. The molecule has 0 bridgehead atoms. The summed E-state index contributed by atoms with van der Waals surface area (Å²) in [5.74, 6) is 0.540. The molecule has 2 unspecified atom stereocenters. The van der Waals surface area contributed by atoms with Gasteiger partial charge in [-0.25, -0.2) is 0 Å². The van der Waals surface area contributed by atoms with E-state index in [1.54, 1.807) is 13.0 Å². The van der Waals surface area contributed by atoms with E-state index in [1.165, 1.54) is 6.26 Å². The molecule has 15 heavy (non-hydrogen) atoms. The molecule has 2 rings (SSSR count). The molecule has 5 heteroatoms. The van der Waals surface area contributed by atoms with Crippen LogP contribution in [0.2, 0.25) is 0 Å². The lowest BCUT2D eigenvalue weighted by Crippen LogP contribution is -2.40. The van der Waals surface area contributed by atoms with Crippen LogP contribution < -0.4 is 5.32 Å². The summed E-state index contributed by atoms with van der Waals surface area (Å²) >= 11 is 5.95. The zero-order chi connectivity index (χ0) is 10.8. The lowest BCUT2D eigenvalue weighted by molar-refractivity contribution is 0.0929. The normalized spacial score (nSPS) is 25.5. The van der Waals surface area contributed by atoms with Crippen LogP contribution in [0.5, 0.6) is 0 Å². The van der Waals surface area contributed by atoms with Crippen molar-refractivity contribution in [3.63, 3.8) is 0 Å². The Kier molecular flexibility index (Phi) is 2.98. The first-order chi connectivity index (χ1) is 7.16. The molecule has 1 saturated heterocycles. The van der Waals surface area contributed by atoms with Gasteiger partial charge in [-0.2, -0.15) is 0 Å². The number of carbonyl (C=O) groups is 1. The van der Waals surface area contributed by atoms with Gasteiger partial charge in [0.1, 0.15) is 12.0 Å². The second kappa shape index (κ2) is 4.24. The number of hydrogen-bond donors (Lipinski definition) is 1. The summed E-state index contributed by atoms with van der Waals surface area (Å²) < 4.78 is 10.2. The molecule has 2 heterocycles. The van der Waals surface area contributed by atoms with E-state index in [-0.39, 0.29) is 17.3 Å². The van der Waals surface area contributed by atoms with Crippen LogP contribution >= 0.6 is 11.6 Å². The minimum atomic E-state index is -0.173. The van der Waals surface area contributed by atoms with Crippen LogP contribution in [0.25, 0.3) is 0 Å². The standard InChI is InChI=1S/C10H12ClNO3/c1-6-2-7(3-15-6)10(13)12-9-5-14-4-8(9)11/h2-3,8-9H,4-5H2,1H3,(H,12,13). The third-order valence-electron chi connectivity index (χ3n) is 2.32. The topological polar surface area (TPSA) is 51.5 Å². The van der Waals surface area contributed by atoms with E-state index in [4.69, 9.17) is 20.8 Å². The van der Waals surface area contributed by atoms with Crippen LogP contribution in [0.4, 0.5) is 0 Å². The molecule has 1 fully saturated rings. The van der Waals surface area contributed by atoms with Crippen molar-refractivity contribution in [1.82, 2.24) is 5.32 Å². The lowest BCUT2D eigenvalue weighted by Gasteiger charge is -2.12. The molecule has 1 aliphatic rings. The van der Waals surface area contributed by atoms with Gasteiger partial charge in [-0.05, 0) is 13.0 Å². The minimum absolute atomic E-state index is 0.116. The number of aryl methyl sites for hydroxylation is 1. The Hall–Kier alpha value is -1.00. The zero-order valence-electron chi connectivity index (χ0n) is 8.33. The molecule has 1 N–H and O–H groups in total. The molecule has 0 radical (unpaired) electrons. The molecule has 0 spiro atoms. The average Bonchev–Trinajstić information content (AvgIpc) is 2.77. The maximum absolute atomic E-state index is 11.7. The van der Waals surface area contributed by atoms with Crippen LogP contribution in [0.1, 0.15) is 16.1 Å². The Balaban J connectivity index is 1.97. The van der Waals surface area contributed by atoms with Gasteiger partial charge in [0.05, 0.1) is 30.2 Å². The number of halogens is 1. The predicted molar refractivity (Wildman–Crippen MR) is 55.2 cm³/mol. The number of rotatable bonds is 2. The van der Waals surface area contributed by atoms with Gasteiger partial charge in [0, 0.05) is 0 Å². The summed E-state index contributed by atoms with van der Waals surface area (Å²) in [7, 11) is 0. The Labute approximate surface area is 92.5 Å². The van der Waals surface area contributed by atoms with Crippen LogP contribution in [0, 0.1) is 6.92 Å². The fourth-order valence-corrected chi connectivity index (χ4v) is 1.70. The highest BCUT2D eigenvalue weighted by atomic mass is 35.5. The summed E-state index contributed by atoms with van der Waals surface area (Å²) in [6.45, 7) is 2.74. The summed E-state index contributed by atoms with van der Waals surface area (Å²) in [6, 6.07) is 1.57. The third kappa shape index (κ3) is 2.33. The van der Waals surface area contributed by atoms with E-state index in [1.807, 2.05) is 0 Å². The highest BCUT2D eigenvalue weighted by Crippen LogP contribution is 2.13. The van der Waals surface area contributed by atoms with Crippen molar-refractivity contribution in [3.8, 4) is 0 Å². The molecule has 4 nitrogen and oxygen atoms in total. The van der Waals surface area contributed by atoms with Crippen molar-refractivity contribution < 1.29 is 13.9 Å². The van der Waals surface area contributed by atoms with Gasteiger partial charge in [-0.1, -0.05) is 0 Å². The van der Waals surface area contributed by atoms with E-state index in [0.29, 0.717) is 24.5 Å². The van der Waals surface area contributed by atoms with Gasteiger partial charge in [-0.3, -0.25) is 4.79 Å². The number of amides is 1. The van der Waals surface area contributed by atoms with Gasteiger partial charge >= 0.3 is 0 Å². The van der Waals surface area contributed by atoms with Crippen molar-refractivity contribution in [2.24, 2.45) is 0 Å². The Morgan fingerprint density at radius 2 is 2.40 bits per heavy atom. The van der Waals surface area contributed by atoms with Crippen molar-refractivity contribution in [1.29, 1.82) is 0 Å². The highest BCUT2D eigenvalue weighted by molar-refractivity contribution is 6.21. The molecule has 1 aliphatic heterocycles. The molecule has 1 amide bonds. The predicted octanol–water partition coefficient (Wildman–Crippen LogP) is 1.32. The van der Waals surface area contributed by atoms with E-state index < -0.39 is 0 Å². The van der Waals surface area contributed by atoms with Gasteiger partial charge in [0.25, 0.3) is 5.91 Å². The van der Waals surface area contributed by atoms with Gasteiger partial charge in [-0.15, -0.1) is 11.6 Å². The number of hydrogen-bond acceptors (Lipinski definition) is 3. The van der Waals surface area contributed by atoms with E-state index in [2.05, 4.69) is 5.32 Å². The molecular weight excluding hydrogens is 218 g/mol. The van der Waals surface area contributed by atoms with E-state index in [9.17, 15) is 4.79 Å². The summed E-state index contributed by atoms with van der Waals surface area (Å²) in [4.78, 5) is 11.7. The maximum atomic E-state index is 11.7. The monoisotopic (exact) mass is 229 g/mol. The van der Waals surface area contributed by atoms with Crippen LogP contribution in [-0.2, 0) is 4.74 Å². The Bertz CT molecular complexity index is 363. The van der Waals surface area contributed by atoms with Crippen LogP contribution in [0.15, 0.2) is 16.7 Å². The number of carbonyl (C=O) groups excluding carboxylic acids is 1. The number of furan rings is 1. The summed E-state index contributed by atoms with van der Waals surface area (Å²) in [5, 5.41) is 2.65. The van der Waals surface area contributed by atoms with Crippen molar-refractivity contribution >= 4 is 17.5 Å². The average molecular weight is 230 g/mol. The largest absolute Gasteiger partial charge is 0.469 e. The smallest absolute Gasteiger partial charge is 0.254 e. The van der Waals surface area contributed by atoms with E-state index in [0.717, 1.165) is 0 Å². The SMILES string of the molecule is Cc1cc(C(=O)NC2COCC2Cl)co1. The Morgan fingerprint density at radius 1 is 1.60 bits per heavy atom. The molecule has 1 aromatic rings. The zero-order valence-corrected chi connectivity index (χ0v) is 9.08. The van der Waals surface area contributed by atoms with E-state index >= 15 is 0 Å². The molecular formula is C10H12ClNO3. The number of nitrogens with one attached hydrogen (secondary N) is 1. The van der Waals surface area contributed by atoms with Crippen LogP contribution in [0.3, 0.4) is 0 Å². The van der Waals surface area contributed by atoms with Gasteiger partial charge in [0.15, 0.2) is 0 Å². The molecule has 0 saturated carbocycles. The second-order valence-corrected chi connectivity index (χ2v) is 4.14. The summed E-state index contributed by atoms with van der Waals surface area (Å²) in [5.41, 5.74) is 0.517. The maximum Gasteiger partial charge on any atom is 0.254 e. The Morgan fingerprint density at radius 3 is 2.93 bits per heavy atom. The number of alkyl halides is 1. The fraction of sp³-hybridized carbons (Fsp3) is 0.500. The molecule has 1 aromatic heterocycles. The van der Waals surface area contributed by atoms with Gasteiger partial charge in [0.2, 0.25) is 0 Å². The summed E-state index contributed by atoms with van der Waals surface area (Å²) in [6.07, 6.45) is 1.43. The fourth-order valence-electron chi connectivity index (χ4n) is 1.47. The molecule has 2 atom stereocenters. The molecule has 0 aromatic carbocycles. The number of ether oxygens (including phenoxy) is 1. The first kappa shape index (κ1) is 10.5.